The first-order valence-electron chi connectivity index (χ1n) is 11.3. The number of aryl methyl sites for hydroxylation is 1. The van der Waals surface area contributed by atoms with Crippen LogP contribution < -0.4 is 5.32 Å². The van der Waals surface area contributed by atoms with Gasteiger partial charge in [0.25, 0.3) is 5.89 Å². The van der Waals surface area contributed by atoms with Crippen molar-refractivity contribution in [2.75, 3.05) is 13.2 Å². The molecule has 4 rings (SSSR count). The fourth-order valence-corrected chi connectivity index (χ4v) is 4.00. The largest absolute Gasteiger partial charge is 0.379 e. The van der Waals surface area contributed by atoms with Crippen LogP contribution in [-0.4, -0.2) is 40.3 Å². The number of amides is 2. The highest BCUT2D eigenvalue weighted by atomic mass is 16.5. The predicted molar refractivity (Wildman–Crippen MR) is 127 cm³/mol. The Hall–Kier alpha value is -3.45. The Morgan fingerprint density at radius 2 is 1.91 bits per heavy atom. The van der Waals surface area contributed by atoms with Crippen molar-refractivity contribution in [2.45, 2.75) is 46.3 Å². The quantitative estimate of drug-likeness (QED) is 0.471. The van der Waals surface area contributed by atoms with Gasteiger partial charge in [-0.15, -0.1) is 0 Å². The summed E-state index contributed by atoms with van der Waals surface area (Å²) in [5.41, 5.74) is 4.57. The highest BCUT2D eigenvalue weighted by Gasteiger charge is 2.35. The minimum Gasteiger partial charge on any atom is -0.379 e. The minimum atomic E-state index is -0.382. The fourth-order valence-electron chi connectivity index (χ4n) is 4.00. The Morgan fingerprint density at radius 3 is 2.64 bits per heavy atom. The molecule has 172 valence electrons. The number of urea groups is 1. The maximum absolute atomic E-state index is 13.0. The molecule has 0 saturated carbocycles. The summed E-state index contributed by atoms with van der Waals surface area (Å²) in [5.74, 6) is 0.927. The van der Waals surface area contributed by atoms with E-state index in [9.17, 15) is 4.79 Å². The molecule has 3 aromatic rings. The number of ether oxygens (including phenoxy) is 1. The van der Waals surface area contributed by atoms with Crippen LogP contribution in [0.1, 0.15) is 50.3 Å². The molecule has 0 aliphatic carbocycles. The molecule has 7 heteroatoms. The Balaban J connectivity index is 1.70. The highest BCUT2D eigenvalue weighted by molar-refractivity contribution is 5.86. The molecule has 1 aliphatic rings. The van der Waals surface area contributed by atoms with Crippen LogP contribution in [0.4, 0.5) is 4.79 Å². The van der Waals surface area contributed by atoms with Gasteiger partial charge in [0.2, 0.25) is 5.82 Å². The standard InChI is InChI=1S/C26H30N4O3/c1-17(2)32-15-9-14-30-19(4)22(23(27-26(30)31)20-11-6-5-7-12-20)25-28-24(29-33-25)21-13-8-10-18(3)16-21/h5-8,10-13,16-17,23H,9,14-15H2,1-4H3,(H,27,31). The van der Waals surface area contributed by atoms with Crippen molar-refractivity contribution in [1.29, 1.82) is 0 Å². The van der Waals surface area contributed by atoms with E-state index >= 15 is 0 Å². The Bertz CT molecular complexity index is 1140. The third-order valence-corrected chi connectivity index (χ3v) is 5.64. The van der Waals surface area contributed by atoms with Gasteiger partial charge in [-0.3, -0.25) is 4.90 Å². The molecule has 2 amide bonds. The molecule has 1 unspecified atom stereocenters. The van der Waals surface area contributed by atoms with Crippen LogP contribution in [-0.2, 0) is 4.74 Å². The van der Waals surface area contributed by atoms with Crippen molar-refractivity contribution in [3.05, 3.63) is 77.3 Å². The molecule has 2 aromatic carbocycles. The van der Waals surface area contributed by atoms with E-state index in [1.165, 1.54) is 0 Å². The molecule has 0 bridgehead atoms. The third kappa shape index (κ3) is 5.14. The Labute approximate surface area is 194 Å². The maximum Gasteiger partial charge on any atom is 0.322 e. The van der Waals surface area contributed by atoms with E-state index in [1.807, 2.05) is 82.3 Å². The number of allylic oxidation sites excluding steroid dienone is 1. The summed E-state index contributed by atoms with van der Waals surface area (Å²) in [6.07, 6.45) is 0.887. The van der Waals surface area contributed by atoms with Gasteiger partial charge in [-0.2, -0.15) is 4.98 Å². The second-order valence-corrected chi connectivity index (χ2v) is 8.51. The molecule has 1 atom stereocenters. The van der Waals surface area contributed by atoms with Gasteiger partial charge >= 0.3 is 6.03 Å². The molecule has 0 spiro atoms. The van der Waals surface area contributed by atoms with Crippen molar-refractivity contribution in [1.82, 2.24) is 20.4 Å². The monoisotopic (exact) mass is 446 g/mol. The van der Waals surface area contributed by atoms with E-state index in [1.54, 1.807) is 4.90 Å². The molecule has 1 aromatic heterocycles. The average molecular weight is 447 g/mol. The SMILES string of the molecule is CC1=C(c2nc(-c3cccc(C)c3)no2)C(c2ccccc2)NC(=O)N1CCCOC(C)C. The molecule has 2 heterocycles. The number of carbonyl (C=O) groups excluding carboxylic acids is 1. The van der Waals surface area contributed by atoms with Crippen molar-refractivity contribution < 1.29 is 14.1 Å². The lowest BCUT2D eigenvalue weighted by molar-refractivity contribution is 0.0736. The minimum absolute atomic E-state index is 0.145. The number of hydrogen-bond donors (Lipinski definition) is 1. The van der Waals surface area contributed by atoms with E-state index in [0.29, 0.717) is 24.9 Å². The fraction of sp³-hybridized carbons (Fsp3) is 0.346. The summed E-state index contributed by atoms with van der Waals surface area (Å²) in [7, 11) is 0. The van der Waals surface area contributed by atoms with Crippen LogP contribution >= 0.6 is 0 Å². The summed E-state index contributed by atoms with van der Waals surface area (Å²) < 4.78 is 11.4. The summed E-state index contributed by atoms with van der Waals surface area (Å²) in [4.78, 5) is 19.5. The number of carbonyl (C=O) groups is 1. The second-order valence-electron chi connectivity index (χ2n) is 8.51. The first-order chi connectivity index (χ1) is 15.9. The zero-order chi connectivity index (χ0) is 23.4. The van der Waals surface area contributed by atoms with Crippen molar-refractivity contribution in [3.8, 4) is 11.4 Å². The second kappa shape index (κ2) is 10.0. The number of benzene rings is 2. The van der Waals surface area contributed by atoms with Gasteiger partial charge < -0.3 is 14.6 Å². The lowest BCUT2D eigenvalue weighted by Gasteiger charge is -2.35. The smallest absolute Gasteiger partial charge is 0.322 e. The maximum atomic E-state index is 13.0. The molecule has 0 fully saturated rings. The van der Waals surface area contributed by atoms with E-state index in [2.05, 4.69) is 10.5 Å². The molecule has 0 saturated heterocycles. The number of hydrogen-bond acceptors (Lipinski definition) is 5. The van der Waals surface area contributed by atoms with Gasteiger partial charge in [-0.05, 0) is 45.7 Å². The molecular formula is C26H30N4O3. The number of rotatable bonds is 8. The van der Waals surface area contributed by atoms with Crippen LogP contribution in [0.25, 0.3) is 17.0 Å². The summed E-state index contributed by atoms with van der Waals surface area (Å²) >= 11 is 0. The molecule has 33 heavy (non-hydrogen) atoms. The van der Waals surface area contributed by atoms with Gasteiger partial charge in [0, 0.05) is 24.4 Å². The number of aromatic nitrogens is 2. The first kappa shape index (κ1) is 22.7. The van der Waals surface area contributed by atoms with Crippen LogP contribution in [0.3, 0.4) is 0 Å². The van der Waals surface area contributed by atoms with Gasteiger partial charge in [-0.1, -0.05) is 59.3 Å². The van der Waals surface area contributed by atoms with Crippen LogP contribution in [0, 0.1) is 6.92 Å². The van der Waals surface area contributed by atoms with Crippen molar-refractivity contribution in [3.63, 3.8) is 0 Å². The number of nitrogens with zero attached hydrogens (tertiary/aromatic N) is 3. The molecule has 0 radical (unpaired) electrons. The first-order valence-corrected chi connectivity index (χ1v) is 11.3. The van der Waals surface area contributed by atoms with E-state index < -0.39 is 0 Å². The summed E-state index contributed by atoms with van der Waals surface area (Å²) in [6.45, 7) is 9.09. The third-order valence-electron chi connectivity index (χ3n) is 5.64. The zero-order valence-corrected chi connectivity index (χ0v) is 19.5. The van der Waals surface area contributed by atoms with Crippen molar-refractivity contribution >= 4 is 11.6 Å². The summed E-state index contributed by atoms with van der Waals surface area (Å²) in [5, 5.41) is 7.36. The Morgan fingerprint density at radius 1 is 1.12 bits per heavy atom. The molecule has 1 aliphatic heterocycles. The van der Waals surface area contributed by atoms with Gasteiger partial charge in [-0.25, -0.2) is 4.79 Å². The van der Waals surface area contributed by atoms with Crippen molar-refractivity contribution in [2.24, 2.45) is 0 Å². The van der Waals surface area contributed by atoms with E-state index in [0.717, 1.165) is 34.4 Å². The van der Waals surface area contributed by atoms with Gasteiger partial charge in [0.15, 0.2) is 0 Å². The average Bonchev–Trinajstić information content (AvgIpc) is 3.28. The van der Waals surface area contributed by atoms with E-state index in [4.69, 9.17) is 14.2 Å². The zero-order valence-electron chi connectivity index (χ0n) is 19.5. The van der Waals surface area contributed by atoms with Crippen LogP contribution in [0.5, 0.6) is 0 Å². The van der Waals surface area contributed by atoms with Crippen LogP contribution in [0.15, 0.2) is 64.8 Å². The topological polar surface area (TPSA) is 80.5 Å². The highest BCUT2D eigenvalue weighted by Crippen LogP contribution is 2.37. The normalized spacial score (nSPS) is 16.5. The summed E-state index contributed by atoms with van der Waals surface area (Å²) in [6, 6.07) is 17.3. The van der Waals surface area contributed by atoms with Gasteiger partial charge in [0.1, 0.15) is 0 Å². The number of nitrogens with one attached hydrogen (secondary N) is 1. The Kier molecular flexibility index (Phi) is 6.89. The van der Waals surface area contributed by atoms with Crippen LogP contribution in [0.2, 0.25) is 0 Å². The molecule has 1 N–H and O–H groups in total. The predicted octanol–water partition coefficient (Wildman–Crippen LogP) is 5.36. The lowest BCUT2D eigenvalue weighted by Crippen LogP contribution is -2.46. The lowest BCUT2D eigenvalue weighted by atomic mass is 9.94. The van der Waals surface area contributed by atoms with Gasteiger partial charge in [0.05, 0.1) is 17.7 Å². The molecule has 7 nitrogen and oxygen atoms in total. The van der Waals surface area contributed by atoms with E-state index in [-0.39, 0.29) is 18.2 Å². The molecular weight excluding hydrogens is 416 g/mol.